The van der Waals surface area contributed by atoms with Crippen molar-refractivity contribution in [1.82, 2.24) is 9.97 Å². The largest absolute Gasteiger partial charge is 0.505 e. The van der Waals surface area contributed by atoms with Gasteiger partial charge in [-0.05, 0) is 12.1 Å². The van der Waals surface area contributed by atoms with Gasteiger partial charge in [0.2, 0.25) is 0 Å². The number of ether oxygens (including phenoxy) is 2. The molecule has 0 aliphatic carbocycles. The number of esters is 1. The Labute approximate surface area is 123 Å². The number of fused-ring (bicyclic) bond motifs is 1. The first-order valence-electron chi connectivity index (χ1n) is 5.98. The molecule has 0 bridgehead atoms. The maximum absolute atomic E-state index is 12.1. The Bertz CT molecular complexity index is 801. The Balaban J connectivity index is 1.96. The summed E-state index contributed by atoms with van der Waals surface area (Å²) in [6.07, 6.45) is 1.41. The number of hydrogen-bond donors (Lipinski definition) is 1. The molecular formula is C14H10N2O4S. The number of carbonyl (C=O) groups excluding carboxylic acids is 1. The molecule has 0 saturated carbocycles. The highest BCUT2D eigenvalue weighted by Gasteiger charge is 2.21. The van der Waals surface area contributed by atoms with E-state index in [0.29, 0.717) is 16.0 Å². The third-order valence-corrected chi connectivity index (χ3v) is 3.79. The van der Waals surface area contributed by atoms with Crippen LogP contribution in [0.3, 0.4) is 0 Å². The maximum atomic E-state index is 12.1. The summed E-state index contributed by atoms with van der Waals surface area (Å²) >= 11 is 1.03. The monoisotopic (exact) mass is 302 g/mol. The predicted molar refractivity (Wildman–Crippen MR) is 77.0 cm³/mol. The van der Waals surface area contributed by atoms with Crippen LogP contribution in [-0.2, 0) is 0 Å². The van der Waals surface area contributed by atoms with Gasteiger partial charge in [0.25, 0.3) is 0 Å². The van der Waals surface area contributed by atoms with Crippen LogP contribution >= 0.6 is 11.3 Å². The molecule has 0 aliphatic heterocycles. The van der Waals surface area contributed by atoms with Crippen LogP contribution in [0, 0.1) is 0 Å². The fraction of sp³-hybridized carbons (Fsp3) is 0.0714. The van der Waals surface area contributed by atoms with Gasteiger partial charge in [0.15, 0.2) is 10.6 Å². The minimum atomic E-state index is -0.638. The molecule has 2 aromatic heterocycles. The van der Waals surface area contributed by atoms with Crippen LogP contribution < -0.4 is 9.47 Å². The van der Waals surface area contributed by atoms with Crippen molar-refractivity contribution in [2.45, 2.75) is 0 Å². The molecule has 3 rings (SSSR count). The third-order valence-electron chi connectivity index (χ3n) is 2.72. The number of rotatable bonds is 3. The van der Waals surface area contributed by atoms with Crippen molar-refractivity contribution >= 4 is 27.5 Å². The number of aromatic nitrogens is 2. The van der Waals surface area contributed by atoms with E-state index in [-0.39, 0.29) is 16.6 Å². The number of para-hydroxylation sites is 1. The second kappa shape index (κ2) is 5.37. The first kappa shape index (κ1) is 13.3. The Morgan fingerprint density at radius 1 is 1.29 bits per heavy atom. The molecule has 0 atom stereocenters. The number of carbonyl (C=O) groups is 1. The van der Waals surface area contributed by atoms with Crippen LogP contribution in [0.1, 0.15) is 9.67 Å². The lowest BCUT2D eigenvalue weighted by atomic mass is 10.3. The van der Waals surface area contributed by atoms with Crippen molar-refractivity contribution in [2.24, 2.45) is 0 Å². The van der Waals surface area contributed by atoms with Gasteiger partial charge in [-0.2, -0.15) is 4.98 Å². The van der Waals surface area contributed by atoms with Crippen molar-refractivity contribution in [1.29, 1.82) is 0 Å². The van der Waals surface area contributed by atoms with Crippen molar-refractivity contribution in [3.8, 4) is 17.5 Å². The molecule has 6 nitrogen and oxygen atoms in total. The lowest BCUT2D eigenvalue weighted by Crippen LogP contribution is -2.06. The van der Waals surface area contributed by atoms with E-state index in [0.717, 1.165) is 11.3 Å². The number of methoxy groups -OCH3 is 1. The van der Waals surface area contributed by atoms with Gasteiger partial charge in [-0.25, -0.2) is 9.78 Å². The third kappa shape index (κ3) is 2.50. The average molecular weight is 302 g/mol. The van der Waals surface area contributed by atoms with Gasteiger partial charge in [0.1, 0.15) is 10.6 Å². The molecular weight excluding hydrogens is 292 g/mol. The van der Waals surface area contributed by atoms with Crippen LogP contribution in [-0.4, -0.2) is 28.2 Å². The van der Waals surface area contributed by atoms with Crippen LogP contribution in [0.15, 0.2) is 36.5 Å². The highest BCUT2D eigenvalue weighted by molar-refractivity contribution is 7.20. The van der Waals surface area contributed by atoms with E-state index in [1.807, 2.05) is 6.07 Å². The first-order valence-corrected chi connectivity index (χ1v) is 6.80. The zero-order valence-corrected chi connectivity index (χ0v) is 11.8. The van der Waals surface area contributed by atoms with E-state index in [1.54, 1.807) is 24.3 Å². The lowest BCUT2D eigenvalue weighted by molar-refractivity contribution is 0.0737. The summed E-state index contributed by atoms with van der Waals surface area (Å²) in [7, 11) is 1.44. The normalized spacial score (nSPS) is 10.5. The number of thiophene rings is 1. The van der Waals surface area contributed by atoms with E-state index in [1.165, 1.54) is 13.3 Å². The second-order valence-electron chi connectivity index (χ2n) is 4.06. The summed E-state index contributed by atoms with van der Waals surface area (Å²) in [4.78, 5) is 20.6. The van der Waals surface area contributed by atoms with Crippen LogP contribution in [0.4, 0.5) is 0 Å². The Morgan fingerprint density at radius 2 is 2.05 bits per heavy atom. The van der Waals surface area contributed by atoms with E-state index in [9.17, 15) is 9.90 Å². The zero-order chi connectivity index (χ0) is 14.8. The fourth-order valence-electron chi connectivity index (χ4n) is 1.74. The van der Waals surface area contributed by atoms with E-state index < -0.39 is 5.97 Å². The molecule has 1 N–H and O–H groups in total. The lowest BCUT2D eigenvalue weighted by Gasteiger charge is -2.01. The molecule has 0 fully saturated rings. The minimum absolute atomic E-state index is 0.0800. The minimum Gasteiger partial charge on any atom is -0.505 e. The molecule has 1 aromatic carbocycles. The average Bonchev–Trinajstić information content (AvgIpc) is 2.85. The smallest absolute Gasteiger partial charge is 0.357 e. The molecule has 3 aromatic rings. The molecule has 106 valence electrons. The summed E-state index contributed by atoms with van der Waals surface area (Å²) in [6, 6.07) is 8.81. The topological polar surface area (TPSA) is 81.5 Å². The van der Waals surface area contributed by atoms with E-state index in [4.69, 9.17) is 9.47 Å². The molecule has 21 heavy (non-hydrogen) atoms. The molecule has 7 heteroatoms. The van der Waals surface area contributed by atoms with E-state index in [2.05, 4.69) is 9.97 Å². The van der Waals surface area contributed by atoms with Crippen molar-refractivity contribution < 1.29 is 19.4 Å². The Hall–Kier alpha value is -2.67. The molecule has 0 unspecified atom stereocenters. The van der Waals surface area contributed by atoms with Crippen LogP contribution in [0.25, 0.3) is 10.2 Å². The fourth-order valence-corrected chi connectivity index (χ4v) is 2.65. The van der Waals surface area contributed by atoms with Crippen LogP contribution in [0.2, 0.25) is 0 Å². The molecule has 0 spiro atoms. The summed E-state index contributed by atoms with van der Waals surface area (Å²) in [5.74, 6) is -0.415. The van der Waals surface area contributed by atoms with Gasteiger partial charge >= 0.3 is 12.0 Å². The van der Waals surface area contributed by atoms with Gasteiger partial charge in [-0.3, -0.25) is 0 Å². The summed E-state index contributed by atoms with van der Waals surface area (Å²) in [6.45, 7) is 0. The second-order valence-corrected chi connectivity index (χ2v) is 5.06. The molecule has 0 amide bonds. The maximum Gasteiger partial charge on any atom is 0.357 e. The quantitative estimate of drug-likeness (QED) is 0.591. The number of benzene rings is 1. The van der Waals surface area contributed by atoms with Crippen molar-refractivity contribution in [2.75, 3.05) is 7.11 Å². The van der Waals surface area contributed by atoms with Gasteiger partial charge in [0, 0.05) is 6.20 Å². The van der Waals surface area contributed by atoms with Gasteiger partial charge < -0.3 is 14.6 Å². The number of hydrogen-bond acceptors (Lipinski definition) is 7. The standard InChI is InChI=1S/C14H10N2O4S/c1-19-14-15-7-9-10(17)11(21-12(9)16-14)13(18)20-8-5-3-2-4-6-8/h2-7,17H,1H3. The highest BCUT2D eigenvalue weighted by Crippen LogP contribution is 2.36. The molecule has 0 aliphatic rings. The summed E-state index contributed by atoms with van der Waals surface area (Å²) in [5, 5.41) is 10.5. The van der Waals surface area contributed by atoms with Gasteiger partial charge in [-0.1, -0.05) is 18.2 Å². The molecule has 0 radical (unpaired) electrons. The molecule has 2 heterocycles. The van der Waals surface area contributed by atoms with Gasteiger partial charge in [0.05, 0.1) is 12.5 Å². The Morgan fingerprint density at radius 3 is 2.76 bits per heavy atom. The summed E-state index contributed by atoms with van der Waals surface area (Å²) in [5.41, 5.74) is 0. The zero-order valence-electron chi connectivity index (χ0n) is 10.9. The highest BCUT2D eigenvalue weighted by atomic mass is 32.1. The van der Waals surface area contributed by atoms with E-state index >= 15 is 0 Å². The predicted octanol–water partition coefficient (Wildman–Crippen LogP) is 2.62. The molecule has 0 saturated heterocycles. The van der Waals surface area contributed by atoms with Crippen molar-refractivity contribution in [3.63, 3.8) is 0 Å². The number of aromatic hydroxyl groups is 1. The van der Waals surface area contributed by atoms with Crippen molar-refractivity contribution in [3.05, 3.63) is 41.4 Å². The SMILES string of the molecule is COc1ncc2c(O)c(C(=O)Oc3ccccc3)sc2n1. The summed E-state index contributed by atoms with van der Waals surface area (Å²) < 4.78 is 10.1. The Kier molecular flexibility index (Phi) is 3.41. The van der Waals surface area contributed by atoms with Crippen LogP contribution in [0.5, 0.6) is 17.5 Å². The van der Waals surface area contributed by atoms with Gasteiger partial charge in [-0.15, -0.1) is 11.3 Å². The number of nitrogens with zero attached hydrogens (tertiary/aromatic N) is 2. The first-order chi connectivity index (χ1) is 10.2.